The highest BCUT2D eigenvalue weighted by Crippen LogP contribution is 2.33. The molecule has 0 saturated carbocycles. The van der Waals surface area contributed by atoms with Crippen LogP contribution in [0.15, 0.2) is 22.7 Å². The van der Waals surface area contributed by atoms with Crippen LogP contribution in [0.4, 0.5) is 0 Å². The molecule has 5 nitrogen and oxygen atoms in total. The first kappa shape index (κ1) is 12.6. The van der Waals surface area contributed by atoms with Gasteiger partial charge in [0.15, 0.2) is 0 Å². The van der Waals surface area contributed by atoms with E-state index in [0.717, 1.165) is 15.6 Å². The number of aryl methyl sites for hydroxylation is 1. The number of carboxylic acids is 1. The van der Waals surface area contributed by atoms with E-state index in [0.29, 0.717) is 11.4 Å². The quantitative estimate of drug-likeness (QED) is 0.914. The van der Waals surface area contributed by atoms with E-state index in [4.69, 9.17) is 9.84 Å². The summed E-state index contributed by atoms with van der Waals surface area (Å²) in [6.45, 7) is 1.93. The lowest BCUT2D eigenvalue weighted by atomic mass is 10.1. The van der Waals surface area contributed by atoms with E-state index < -0.39 is 5.97 Å². The molecule has 2 rings (SSSR count). The summed E-state index contributed by atoms with van der Waals surface area (Å²) in [4.78, 5) is 10.8. The van der Waals surface area contributed by atoms with E-state index in [1.165, 1.54) is 6.07 Å². The molecule has 0 radical (unpaired) electrons. The molecule has 0 spiro atoms. The molecule has 2 N–H and O–H groups in total. The van der Waals surface area contributed by atoms with Gasteiger partial charge in [-0.3, -0.25) is 5.10 Å². The van der Waals surface area contributed by atoms with Gasteiger partial charge in [-0.25, -0.2) is 4.79 Å². The van der Waals surface area contributed by atoms with Crippen LogP contribution in [0, 0.1) is 6.92 Å². The van der Waals surface area contributed by atoms with Gasteiger partial charge in [-0.05, 0) is 46.6 Å². The van der Waals surface area contributed by atoms with Crippen LogP contribution in [0.5, 0.6) is 5.75 Å². The van der Waals surface area contributed by atoms with Gasteiger partial charge in [-0.15, -0.1) is 0 Å². The predicted molar refractivity (Wildman–Crippen MR) is 70.0 cm³/mol. The molecule has 0 aliphatic rings. The Kier molecular flexibility index (Phi) is 3.38. The number of ether oxygens (including phenoxy) is 1. The Morgan fingerprint density at radius 2 is 2.17 bits per heavy atom. The molecule has 0 unspecified atom stereocenters. The maximum Gasteiger partial charge on any atom is 0.353 e. The number of nitrogens with one attached hydrogen (secondary N) is 1. The molecule has 1 aromatic carbocycles. The molecule has 0 saturated heterocycles. The first-order valence-corrected chi connectivity index (χ1v) is 5.95. The van der Waals surface area contributed by atoms with E-state index in [1.807, 2.05) is 13.0 Å². The molecule has 0 aliphatic carbocycles. The number of benzene rings is 1. The van der Waals surface area contributed by atoms with Crippen LogP contribution >= 0.6 is 15.9 Å². The molecule has 0 amide bonds. The van der Waals surface area contributed by atoms with Gasteiger partial charge in [0.05, 0.1) is 12.8 Å². The lowest BCUT2D eigenvalue weighted by Crippen LogP contribution is -1.95. The SMILES string of the molecule is COc1cc(C)c(Br)c(-c2cc(C(=O)O)[nH]n2)c1. The van der Waals surface area contributed by atoms with Crippen molar-refractivity contribution in [3.05, 3.63) is 33.9 Å². The van der Waals surface area contributed by atoms with Gasteiger partial charge in [0.1, 0.15) is 11.4 Å². The number of hydrogen-bond acceptors (Lipinski definition) is 3. The summed E-state index contributed by atoms with van der Waals surface area (Å²) in [5.74, 6) is -0.338. The van der Waals surface area contributed by atoms with Crippen LogP contribution in [-0.2, 0) is 0 Å². The van der Waals surface area contributed by atoms with Crippen LogP contribution < -0.4 is 4.74 Å². The van der Waals surface area contributed by atoms with Crippen molar-refractivity contribution in [3.8, 4) is 17.0 Å². The van der Waals surface area contributed by atoms with Crippen molar-refractivity contribution in [1.82, 2.24) is 10.2 Å². The number of nitrogens with zero attached hydrogens (tertiary/aromatic N) is 1. The molecular weight excluding hydrogens is 300 g/mol. The van der Waals surface area contributed by atoms with Crippen LogP contribution in [0.1, 0.15) is 16.1 Å². The van der Waals surface area contributed by atoms with E-state index in [9.17, 15) is 4.79 Å². The number of methoxy groups -OCH3 is 1. The van der Waals surface area contributed by atoms with Gasteiger partial charge in [-0.1, -0.05) is 0 Å². The molecule has 0 atom stereocenters. The van der Waals surface area contributed by atoms with Gasteiger partial charge in [0.25, 0.3) is 0 Å². The van der Waals surface area contributed by atoms with Gasteiger partial charge >= 0.3 is 5.97 Å². The van der Waals surface area contributed by atoms with E-state index in [-0.39, 0.29) is 5.69 Å². The average molecular weight is 311 g/mol. The number of aromatic nitrogens is 2. The zero-order chi connectivity index (χ0) is 13.3. The number of H-pyrrole nitrogens is 1. The van der Waals surface area contributed by atoms with Crippen LogP contribution in [-0.4, -0.2) is 28.4 Å². The topological polar surface area (TPSA) is 75.2 Å². The standard InChI is InChI=1S/C12H11BrN2O3/c1-6-3-7(18-2)4-8(11(6)13)9-5-10(12(16)17)15-14-9/h3-5H,1-2H3,(H,14,15)(H,16,17). The third-order valence-corrected chi connectivity index (χ3v) is 3.60. The zero-order valence-electron chi connectivity index (χ0n) is 9.82. The fraction of sp³-hybridized carbons (Fsp3) is 0.167. The Bertz CT molecular complexity index is 607. The Balaban J connectivity index is 2.55. The Hall–Kier alpha value is -1.82. The van der Waals surface area contributed by atoms with Crippen LogP contribution in [0.3, 0.4) is 0 Å². The minimum absolute atomic E-state index is 0.0531. The van der Waals surface area contributed by atoms with Crippen molar-refractivity contribution in [3.63, 3.8) is 0 Å². The summed E-state index contributed by atoms with van der Waals surface area (Å²) in [5, 5.41) is 15.3. The summed E-state index contributed by atoms with van der Waals surface area (Å²) in [5.41, 5.74) is 2.39. The highest BCUT2D eigenvalue weighted by atomic mass is 79.9. The number of aromatic amines is 1. The van der Waals surface area contributed by atoms with Gasteiger partial charge in [0.2, 0.25) is 0 Å². The maximum atomic E-state index is 10.8. The largest absolute Gasteiger partial charge is 0.497 e. The molecule has 1 heterocycles. The Morgan fingerprint density at radius 1 is 1.44 bits per heavy atom. The third kappa shape index (κ3) is 2.24. The molecule has 0 fully saturated rings. The van der Waals surface area contributed by atoms with E-state index >= 15 is 0 Å². The summed E-state index contributed by atoms with van der Waals surface area (Å²) in [6.07, 6.45) is 0. The predicted octanol–water partition coefficient (Wildman–Crippen LogP) is 2.85. The number of halogens is 1. The highest BCUT2D eigenvalue weighted by Gasteiger charge is 2.14. The molecule has 0 aliphatic heterocycles. The number of rotatable bonds is 3. The number of carbonyl (C=O) groups is 1. The van der Waals surface area contributed by atoms with E-state index in [1.54, 1.807) is 13.2 Å². The zero-order valence-corrected chi connectivity index (χ0v) is 11.4. The lowest BCUT2D eigenvalue weighted by Gasteiger charge is -2.08. The van der Waals surface area contributed by atoms with Crippen molar-refractivity contribution in [2.75, 3.05) is 7.11 Å². The molecule has 6 heteroatoms. The molecule has 2 aromatic rings. The number of hydrogen-bond donors (Lipinski definition) is 2. The molecule has 1 aromatic heterocycles. The van der Waals surface area contributed by atoms with Crippen LogP contribution in [0.25, 0.3) is 11.3 Å². The second kappa shape index (κ2) is 4.81. The molecular formula is C12H11BrN2O3. The summed E-state index contributed by atoms with van der Waals surface area (Å²) < 4.78 is 6.06. The van der Waals surface area contributed by atoms with Crippen molar-refractivity contribution < 1.29 is 14.6 Å². The molecule has 0 bridgehead atoms. The maximum absolute atomic E-state index is 10.8. The Morgan fingerprint density at radius 3 is 2.72 bits per heavy atom. The summed E-state index contributed by atoms with van der Waals surface area (Å²) in [7, 11) is 1.58. The van der Waals surface area contributed by atoms with Gasteiger partial charge < -0.3 is 9.84 Å². The highest BCUT2D eigenvalue weighted by molar-refractivity contribution is 9.10. The summed E-state index contributed by atoms with van der Waals surface area (Å²) in [6, 6.07) is 5.18. The van der Waals surface area contributed by atoms with Crippen molar-refractivity contribution >= 4 is 21.9 Å². The van der Waals surface area contributed by atoms with Crippen molar-refractivity contribution in [1.29, 1.82) is 0 Å². The fourth-order valence-electron chi connectivity index (χ4n) is 1.61. The fourth-order valence-corrected chi connectivity index (χ4v) is 2.04. The average Bonchev–Trinajstić information content (AvgIpc) is 2.82. The number of aromatic carboxylic acids is 1. The lowest BCUT2D eigenvalue weighted by molar-refractivity contribution is 0.0690. The summed E-state index contributed by atoms with van der Waals surface area (Å²) >= 11 is 3.47. The minimum Gasteiger partial charge on any atom is -0.497 e. The van der Waals surface area contributed by atoms with Crippen molar-refractivity contribution in [2.45, 2.75) is 6.92 Å². The smallest absolute Gasteiger partial charge is 0.353 e. The first-order chi connectivity index (χ1) is 8.52. The monoisotopic (exact) mass is 310 g/mol. The second-order valence-electron chi connectivity index (χ2n) is 3.78. The van der Waals surface area contributed by atoms with Crippen LogP contribution in [0.2, 0.25) is 0 Å². The number of carboxylic acid groups (broad SMARTS) is 1. The molecule has 94 valence electrons. The molecule has 18 heavy (non-hydrogen) atoms. The first-order valence-electron chi connectivity index (χ1n) is 5.16. The Labute approximate surface area is 112 Å². The minimum atomic E-state index is -1.04. The third-order valence-electron chi connectivity index (χ3n) is 2.55. The second-order valence-corrected chi connectivity index (χ2v) is 4.57. The normalized spacial score (nSPS) is 10.4. The van der Waals surface area contributed by atoms with E-state index in [2.05, 4.69) is 26.1 Å². The van der Waals surface area contributed by atoms with Gasteiger partial charge in [-0.2, -0.15) is 5.10 Å². The van der Waals surface area contributed by atoms with Crippen molar-refractivity contribution in [2.24, 2.45) is 0 Å². The van der Waals surface area contributed by atoms with Gasteiger partial charge in [0, 0.05) is 10.0 Å².